The molecule has 0 radical (unpaired) electrons. The number of nitrogens with zero attached hydrogens (tertiary/aromatic N) is 1. The zero-order chi connectivity index (χ0) is 16.6. The third kappa shape index (κ3) is 5.77. The summed E-state index contributed by atoms with van der Waals surface area (Å²) in [6, 6.07) is 8.88. The summed E-state index contributed by atoms with van der Waals surface area (Å²) in [5, 5.41) is 6.43. The number of amides is 1. The normalized spacial score (nSPS) is 22.2. The highest BCUT2D eigenvalue weighted by atomic mass is 32.2. The number of rotatable bonds is 6. The molecule has 1 amide bonds. The second-order valence-corrected chi connectivity index (χ2v) is 7.56. The Balaban J connectivity index is 1.39. The largest absolute Gasteiger partial charge is 0.379 e. The molecule has 5 nitrogen and oxygen atoms in total. The van der Waals surface area contributed by atoms with Crippen molar-refractivity contribution < 1.29 is 9.53 Å². The molecule has 2 N–H and O–H groups in total. The molecular formula is C18H27N3O2S. The first kappa shape index (κ1) is 17.7. The van der Waals surface area contributed by atoms with Crippen molar-refractivity contribution >= 4 is 17.7 Å². The predicted molar refractivity (Wildman–Crippen MR) is 98.1 cm³/mol. The minimum absolute atomic E-state index is 0.132. The number of nitrogens with one attached hydrogen (secondary N) is 2. The van der Waals surface area contributed by atoms with E-state index in [2.05, 4.69) is 39.8 Å². The quantitative estimate of drug-likeness (QED) is 0.809. The van der Waals surface area contributed by atoms with E-state index in [9.17, 15) is 4.79 Å². The fourth-order valence-electron chi connectivity index (χ4n) is 3.03. The van der Waals surface area contributed by atoms with Crippen LogP contribution >= 0.6 is 11.8 Å². The fraction of sp³-hybridized carbons (Fsp3) is 0.611. The van der Waals surface area contributed by atoms with Crippen LogP contribution < -0.4 is 10.6 Å². The van der Waals surface area contributed by atoms with Crippen molar-refractivity contribution in [2.75, 3.05) is 44.4 Å². The molecule has 1 atom stereocenters. The lowest BCUT2D eigenvalue weighted by atomic mass is 10.1. The summed E-state index contributed by atoms with van der Waals surface area (Å²) >= 11 is 1.92. The van der Waals surface area contributed by atoms with Crippen LogP contribution in [-0.4, -0.2) is 61.2 Å². The number of hydrogen-bond acceptors (Lipinski definition) is 5. The van der Waals surface area contributed by atoms with Gasteiger partial charge in [-0.25, -0.2) is 0 Å². The predicted octanol–water partition coefficient (Wildman–Crippen LogP) is 1.23. The van der Waals surface area contributed by atoms with E-state index in [0.29, 0.717) is 19.0 Å². The van der Waals surface area contributed by atoms with E-state index >= 15 is 0 Å². The molecule has 1 aromatic carbocycles. The lowest BCUT2D eigenvalue weighted by Crippen LogP contribution is -2.41. The van der Waals surface area contributed by atoms with Crippen molar-refractivity contribution in [2.24, 2.45) is 0 Å². The molecule has 0 spiro atoms. The zero-order valence-corrected chi connectivity index (χ0v) is 14.9. The highest BCUT2D eigenvalue weighted by Crippen LogP contribution is 2.11. The molecule has 132 valence electrons. The average Bonchev–Trinajstić information content (AvgIpc) is 2.63. The van der Waals surface area contributed by atoms with Gasteiger partial charge in [0.05, 0.1) is 13.2 Å². The maximum Gasteiger partial charge on any atom is 0.221 e. The molecule has 6 heteroatoms. The number of carbonyl (C=O) groups is 1. The van der Waals surface area contributed by atoms with Crippen molar-refractivity contribution in [1.29, 1.82) is 0 Å². The van der Waals surface area contributed by atoms with E-state index < -0.39 is 0 Å². The van der Waals surface area contributed by atoms with Crippen LogP contribution in [0.1, 0.15) is 17.5 Å². The molecule has 0 bridgehead atoms. The van der Waals surface area contributed by atoms with Crippen LogP contribution in [0.4, 0.5) is 0 Å². The monoisotopic (exact) mass is 349 g/mol. The van der Waals surface area contributed by atoms with Gasteiger partial charge in [0, 0.05) is 56.7 Å². The third-order valence-corrected chi connectivity index (χ3v) is 5.58. The number of hydrogen-bond donors (Lipinski definition) is 2. The Morgan fingerprint density at radius 3 is 2.71 bits per heavy atom. The molecule has 1 unspecified atom stereocenters. The summed E-state index contributed by atoms with van der Waals surface area (Å²) in [7, 11) is 0. The van der Waals surface area contributed by atoms with Crippen molar-refractivity contribution in [1.82, 2.24) is 15.5 Å². The summed E-state index contributed by atoms with van der Waals surface area (Å²) in [5.74, 6) is 2.31. The van der Waals surface area contributed by atoms with Crippen molar-refractivity contribution in [3.05, 3.63) is 35.4 Å². The van der Waals surface area contributed by atoms with E-state index in [4.69, 9.17) is 4.74 Å². The Morgan fingerprint density at radius 1 is 1.25 bits per heavy atom. The van der Waals surface area contributed by atoms with E-state index in [1.807, 2.05) is 11.8 Å². The second kappa shape index (κ2) is 9.42. The SMILES string of the molecule is O=C(CC1CSCCN1)NCc1ccc(CN2CCOCC2)cc1. The van der Waals surface area contributed by atoms with Crippen molar-refractivity contribution in [2.45, 2.75) is 25.6 Å². The molecule has 0 aromatic heterocycles. The lowest BCUT2D eigenvalue weighted by Gasteiger charge is -2.26. The number of benzene rings is 1. The molecule has 2 aliphatic rings. The van der Waals surface area contributed by atoms with Gasteiger partial charge in [-0.05, 0) is 11.1 Å². The standard InChI is InChI=1S/C18H27N3O2S/c22-18(11-17-14-24-10-5-19-17)20-12-15-1-3-16(4-2-15)13-21-6-8-23-9-7-21/h1-4,17,19H,5-14H2,(H,20,22). The van der Waals surface area contributed by atoms with Crippen molar-refractivity contribution in [3.8, 4) is 0 Å². The molecule has 24 heavy (non-hydrogen) atoms. The Kier molecular flexibility index (Phi) is 6.96. The third-order valence-electron chi connectivity index (χ3n) is 4.45. The Hall–Kier alpha value is -1.08. The van der Waals surface area contributed by atoms with Crippen LogP contribution in [-0.2, 0) is 22.6 Å². The van der Waals surface area contributed by atoms with E-state index in [1.165, 1.54) is 5.56 Å². The van der Waals surface area contributed by atoms with Gasteiger partial charge >= 0.3 is 0 Å². The second-order valence-electron chi connectivity index (χ2n) is 6.41. The van der Waals surface area contributed by atoms with Gasteiger partial charge in [0.1, 0.15) is 0 Å². The maximum atomic E-state index is 12.0. The minimum Gasteiger partial charge on any atom is -0.379 e. The van der Waals surface area contributed by atoms with Gasteiger partial charge in [-0.2, -0.15) is 11.8 Å². The van der Waals surface area contributed by atoms with Gasteiger partial charge < -0.3 is 15.4 Å². The van der Waals surface area contributed by atoms with Gasteiger partial charge in [-0.1, -0.05) is 24.3 Å². The van der Waals surface area contributed by atoms with Crippen LogP contribution in [0.3, 0.4) is 0 Å². The number of thioether (sulfide) groups is 1. The van der Waals surface area contributed by atoms with Crippen LogP contribution in [0, 0.1) is 0 Å². The summed E-state index contributed by atoms with van der Waals surface area (Å²) in [5.41, 5.74) is 2.47. The topological polar surface area (TPSA) is 53.6 Å². The van der Waals surface area contributed by atoms with Gasteiger partial charge in [-0.3, -0.25) is 9.69 Å². The molecule has 0 aliphatic carbocycles. The average molecular weight is 350 g/mol. The molecule has 3 rings (SSSR count). The highest BCUT2D eigenvalue weighted by Gasteiger charge is 2.16. The lowest BCUT2D eigenvalue weighted by molar-refractivity contribution is -0.121. The number of ether oxygens (including phenoxy) is 1. The Morgan fingerprint density at radius 2 is 2.00 bits per heavy atom. The van der Waals surface area contributed by atoms with E-state index in [1.54, 1.807) is 0 Å². The summed E-state index contributed by atoms with van der Waals surface area (Å²) in [4.78, 5) is 14.4. The summed E-state index contributed by atoms with van der Waals surface area (Å²) in [6.07, 6.45) is 0.572. The highest BCUT2D eigenvalue weighted by molar-refractivity contribution is 7.99. The molecule has 2 aliphatic heterocycles. The van der Waals surface area contributed by atoms with Gasteiger partial charge in [-0.15, -0.1) is 0 Å². The van der Waals surface area contributed by atoms with Crippen LogP contribution in [0.15, 0.2) is 24.3 Å². The molecule has 0 saturated carbocycles. The summed E-state index contributed by atoms with van der Waals surface area (Å²) in [6.45, 7) is 6.26. The fourth-order valence-corrected chi connectivity index (χ4v) is 3.98. The molecule has 2 saturated heterocycles. The van der Waals surface area contributed by atoms with Crippen LogP contribution in [0.25, 0.3) is 0 Å². The molecule has 2 heterocycles. The van der Waals surface area contributed by atoms with Gasteiger partial charge in [0.15, 0.2) is 0 Å². The Bertz CT molecular complexity index is 512. The van der Waals surface area contributed by atoms with Gasteiger partial charge in [0.2, 0.25) is 5.91 Å². The summed E-state index contributed by atoms with van der Waals surface area (Å²) < 4.78 is 5.38. The number of carbonyl (C=O) groups excluding carboxylic acids is 1. The van der Waals surface area contributed by atoms with Crippen molar-refractivity contribution in [3.63, 3.8) is 0 Å². The minimum atomic E-state index is 0.132. The smallest absolute Gasteiger partial charge is 0.221 e. The Labute approximate surface area is 148 Å². The van der Waals surface area contributed by atoms with Crippen LogP contribution in [0.2, 0.25) is 0 Å². The molecule has 1 aromatic rings. The van der Waals surface area contributed by atoms with E-state index in [0.717, 1.165) is 56.5 Å². The molecule has 2 fully saturated rings. The van der Waals surface area contributed by atoms with Gasteiger partial charge in [0.25, 0.3) is 0 Å². The zero-order valence-electron chi connectivity index (χ0n) is 14.1. The van der Waals surface area contributed by atoms with Crippen LogP contribution in [0.5, 0.6) is 0 Å². The number of morpholine rings is 1. The molecular weight excluding hydrogens is 322 g/mol. The maximum absolute atomic E-state index is 12.0. The first-order chi connectivity index (χ1) is 11.8. The first-order valence-electron chi connectivity index (χ1n) is 8.75. The van der Waals surface area contributed by atoms with E-state index in [-0.39, 0.29) is 5.91 Å². The first-order valence-corrected chi connectivity index (χ1v) is 9.91.